The van der Waals surface area contributed by atoms with E-state index in [4.69, 9.17) is 5.26 Å². The van der Waals surface area contributed by atoms with Crippen molar-refractivity contribution in [2.24, 2.45) is 0 Å². The number of nitriles is 1. The van der Waals surface area contributed by atoms with Gasteiger partial charge in [-0.2, -0.15) is 5.26 Å². The molecule has 0 fully saturated rings. The highest BCUT2D eigenvalue weighted by molar-refractivity contribution is 9.10. The standard InChI is InChI=1S/C10H14BrN5/c1-3-13-9-8(11)10(15-7-14-9)16(2)6-4-5-12/h7H,3-4,6H2,1-2H3,(H,13,14,15). The van der Waals surface area contributed by atoms with Crippen molar-refractivity contribution in [2.75, 3.05) is 30.4 Å². The highest BCUT2D eigenvalue weighted by Crippen LogP contribution is 2.28. The summed E-state index contributed by atoms with van der Waals surface area (Å²) in [5, 5.41) is 11.7. The number of nitrogens with one attached hydrogen (secondary N) is 1. The molecule has 0 amide bonds. The van der Waals surface area contributed by atoms with Crippen LogP contribution in [0.25, 0.3) is 0 Å². The highest BCUT2D eigenvalue weighted by atomic mass is 79.9. The summed E-state index contributed by atoms with van der Waals surface area (Å²) in [6.45, 7) is 3.46. The first-order chi connectivity index (χ1) is 7.70. The van der Waals surface area contributed by atoms with Crippen molar-refractivity contribution in [3.8, 4) is 6.07 Å². The third kappa shape index (κ3) is 3.07. The van der Waals surface area contributed by atoms with Gasteiger partial charge in [-0.05, 0) is 22.9 Å². The number of rotatable bonds is 5. The van der Waals surface area contributed by atoms with Gasteiger partial charge in [-0.15, -0.1) is 0 Å². The van der Waals surface area contributed by atoms with Crippen LogP contribution in [0.5, 0.6) is 0 Å². The molecule has 0 unspecified atom stereocenters. The van der Waals surface area contributed by atoms with Crippen LogP contribution in [-0.4, -0.2) is 30.1 Å². The lowest BCUT2D eigenvalue weighted by Crippen LogP contribution is -2.20. The zero-order valence-electron chi connectivity index (χ0n) is 9.37. The number of halogens is 1. The molecule has 0 bridgehead atoms. The Morgan fingerprint density at radius 3 is 2.94 bits per heavy atom. The summed E-state index contributed by atoms with van der Waals surface area (Å²) in [5.41, 5.74) is 0. The van der Waals surface area contributed by atoms with E-state index in [0.29, 0.717) is 13.0 Å². The molecule has 1 rings (SSSR count). The van der Waals surface area contributed by atoms with Gasteiger partial charge in [0.1, 0.15) is 22.4 Å². The smallest absolute Gasteiger partial charge is 0.148 e. The van der Waals surface area contributed by atoms with E-state index in [-0.39, 0.29) is 0 Å². The van der Waals surface area contributed by atoms with Crippen LogP contribution < -0.4 is 10.2 Å². The van der Waals surface area contributed by atoms with Gasteiger partial charge in [0.15, 0.2) is 0 Å². The molecule has 0 aliphatic rings. The van der Waals surface area contributed by atoms with Crippen LogP contribution >= 0.6 is 15.9 Å². The Bertz CT molecular complexity index is 387. The molecule has 0 atom stereocenters. The molecule has 16 heavy (non-hydrogen) atoms. The molecule has 6 heteroatoms. The Balaban J connectivity index is 2.87. The van der Waals surface area contributed by atoms with Crippen LogP contribution in [0.4, 0.5) is 11.6 Å². The molecule has 0 aliphatic carbocycles. The highest BCUT2D eigenvalue weighted by Gasteiger charge is 2.11. The maximum Gasteiger partial charge on any atom is 0.148 e. The Labute approximate surface area is 104 Å². The SMILES string of the molecule is CCNc1ncnc(N(C)CCC#N)c1Br. The summed E-state index contributed by atoms with van der Waals surface area (Å²) in [5.74, 6) is 1.57. The number of nitrogens with zero attached hydrogens (tertiary/aromatic N) is 4. The van der Waals surface area contributed by atoms with E-state index < -0.39 is 0 Å². The van der Waals surface area contributed by atoms with Crippen molar-refractivity contribution in [1.82, 2.24) is 9.97 Å². The molecule has 5 nitrogen and oxygen atoms in total. The van der Waals surface area contributed by atoms with Gasteiger partial charge in [0.25, 0.3) is 0 Å². The van der Waals surface area contributed by atoms with Crippen LogP contribution in [0.3, 0.4) is 0 Å². The number of anilines is 2. The molecule has 1 heterocycles. The van der Waals surface area contributed by atoms with Crippen LogP contribution in [-0.2, 0) is 0 Å². The molecular weight excluding hydrogens is 270 g/mol. The fourth-order valence-corrected chi connectivity index (χ4v) is 1.89. The van der Waals surface area contributed by atoms with E-state index in [1.54, 1.807) is 0 Å². The molecule has 86 valence electrons. The second kappa shape index (κ2) is 6.28. The van der Waals surface area contributed by atoms with Crippen LogP contribution in [0.2, 0.25) is 0 Å². The van der Waals surface area contributed by atoms with Crippen molar-refractivity contribution in [3.63, 3.8) is 0 Å². The van der Waals surface area contributed by atoms with Gasteiger partial charge in [0.2, 0.25) is 0 Å². The van der Waals surface area contributed by atoms with Gasteiger partial charge < -0.3 is 10.2 Å². The van der Waals surface area contributed by atoms with Gasteiger partial charge in [-0.1, -0.05) is 0 Å². The molecular formula is C10H14BrN5. The van der Waals surface area contributed by atoms with Crippen LogP contribution in [0.1, 0.15) is 13.3 Å². The third-order valence-electron chi connectivity index (χ3n) is 2.04. The predicted molar refractivity (Wildman–Crippen MR) is 67.4 cm³/mol. The van der Waals surface area contributed by atoms with E-state index in [2.05, 4.69) is 37.3 Å². The Morgan fingerprint density at radius 1 is 1.56 bits per heavy atom. The molecule has 0 aliphatic heterocycles. The Kier molecular flexibility index (Phi) is 4.99. The summed E-state index contributed by atoms with van der Waals surface area (Å²) in [4.78, 5) is 10.2. The van der Waals surface area contributed by atoms with Crippen LogP contribution in [0.15, 0.2) is 10.8 Å². The number of aromatic nitrogens is 2. The number of hydrogen-bond donors (Lipinski definition) is 1. The third-order valence-corrected chi connectivity index (χ3v) is 2.77. The summed E-state index contributed by atoms with van der Waals surface area (Å²) in [6, 6.07) is 2.11. The van der Waals surface area contributed by atoms with E-state index in [9.17, 15) is 0 Å². The van der Waals surface area contributed by atoms with Crippen molar-refractivity contribution in [2.45, 2.75) is 13.3 Å². The molecule has 0 spiro atoms. The van der Waals surface area contributed by atoms with Gasteiger partial charge in [0, 0.05) is 20.1 Å². The summed E-state index contributed by atoms with van der Waals surface area (Å²) < 4.78 is 0.831. The topological polar surface area (TPSA) is 64.8 Å². The minimum Gasteiger partial charge on any atom is -0.369 e. The average molecular weight is 284 g/mol. The van der Waals surface area contributed by atoms with Crippen molar-refractivity contribution in [3.05, 3.63) is 10.8 Å². The molecule has 1 N–H and O–H groups in total. The first-order valence-electron chi connectivity index (χ1n) is 5.03. The van der Waals surface area contributed by atoms with E-state index >= 15 is 0 Å². The van der Waals surface area contributed by atoms with Crippen molar-refractivity contribution < 1.29 is 0 Å². The Hall–Kier alpha value is -1.35. The van der Waals surface area contributed by atoms with Crippen molar-refractivity contribution >= 4 is 27.6 Å². The molecule has 0 saturated carbocycles. The molecule has 0 aromatic carbocycles. The first kappa shape index (κ1) is 12.7. The normalized spacial score (nSPS) is 9.62. The lowest BCUT2D eigenvalue weighted by atomic mass is 10.4. The quantitative estimate of drug-likeness (QED) is 0.896. The zero-order chi connectivity index (χ0) is 12.0. The maximum absolute atomic E-state index is 8.54. The van der Waals surface area contributed by atoms with E-state index in [0.717, 1.165) is 22.7 Å². The van der Waals surface area contributed by atoms with E-state index in [1.807, 2.05) is 18.9 Å². The first-order valence-corrected chi connectivity index (χ1v) is 5.82. The lowest BCUT2D eigenvalue weighted by Gasteiger charge is -2.18. The van der Waals surface area contributed by atoms with E-state index in [1.165, 1.54) is 6.33 Å². The van der Waals surface area contributed by atoms with Crippen LogP contribution in [0, 0.1) is 11.3 Å². The summed E-state index contributed by atoms with van der Waals surface area (Å²) in [7, 11) is 1.90. The second-order valence-electron chi connectivity index (χ2n) is 3.22. The fourth-order valence-electron chi connectivity index (χ4n) is 1.24. The predicted octanol–water partition coefficient (Wildman–Crippen LogP) is 2.02. The van der Waals surface area contributed by atoms with Gasteiger partial charge in [-0.25, -0.2) is 9.97 Å². The Morgan fingerprint density at radius 2 is 2.31 bits per heavy atom. The maximum atomic E-state index is 8.54. The minimum atomic E-state index is 0.476. The van der Waals surface area contributed by atoms with Gasteiger partial charge in [0.05, 0.1) is 12.5 Å². The van der Waals surface area contributed by atoms with Gasteiger partial charge >= 0.3 is 0 Å². The summed E-state index contributed by atoms with van der Waals surface area (Å²) >= 11 is 3.46. The molecule has 0 saturated heterocycles. The average Bonchev–Trinajstić information content (AvgIpc) is 2.29. The molecule has 1 aromatic heterocycles. The van der Waals surface area contributed by atoms with Crippen molar-refractivity contribution in [1.29, 1.82) is 5.26 Å². The lowest BCUT2D eigenvalue weighted by molar-refractivity contribution is 0.875. The van der Waals surface area contributed by atoms with Gasteiger partial charge in [-0.3, -0.25) is 0 Å². The molecule has 0 radical (unpaired) electrons. The second-order valence-corrected chi connectivity index (χ2v) is 4.01. The fraction of sp³-hybridized carbons (Fsp3) is 0.500. The monoisotopic (exact) mass is 283 g/mol. The largest absolute Gasteiger partial charge is 0.369 e. The number of hydrogen-bond acceptors (Lipinski definition) is 5. The summed E-state index contributed by atoms with van der Waals surface area (Å²) in [6.07, 6.45) is 1.99. The molecule has 1 aromatic rings. The minimum absolute atomic E-state index is 0.476. The zero-order valence-corrected chi connectivity index (χ0v) is 11.0.